The minimum absolute atomic E-state index is 0.129. The third-order valence-corrected chi connectivity index (χ3v) is 5.14. The van der Waals surface area contributed by atoms with Crippen molar-refractivity contribution in [2.45, 2.75) is 17.8 Å². The average molecular weight is 248 g/mol. The van der Waals surface area contributed by atoms with Crippen molar-refractivity contribution in [3.8, 4) is 0 Å². The molecule has 3 nitrogen and oxygen atoms in total. The molecule has 0 spiro atoms. The molecule has 0 aromatic heterocycles. The number of fused-ring (bicyclic) bond motifs is 1. The lowest BCUT2D eigenvalue weighted by Gasteiger charge is -2.45. The van der Waals surface area contributed by atoms with Crippen LogP contribution in [0.1, 0.15) is 12.5 Å². The Labute approximate surface area is 106 Å². The maximum atomic E-state index is 11.8. The molecular formula is C13H16N2OS. The number of piperazine rings is 1. The predicted molar refractivity (Wildman–Crippen MR) is 69.8 cm³/mol. The molecule has 0 radical (unpaired) electrons. The van der Waals surface area contributed by atoms with Crippen LogP contribution in [0.4, 0.5) is 0 Å². The van der Waals surface area contributed by atoms with E-state index in [1.807, 2.05) is 11.0 Å². The molecule has 0 saturated carbocycles. The standard InChI is InChI=1S/C13H16N2OS/c1-13(10-5-3-2-4-6-10)12-15(8-7-14-13)11(16)9-17-12/h2-6,12,14H,7-9H2,1H3/t12-,13+/m1/s1. The van der Waals surface area contributed by atoms with Crippen LogP contribution in [0.3, 0.4) is 0 Å². The summed E-state index contributed by atoms with van der Waals surface area (Å²) in [6.45, 7) is 3.90. The van der Waals surface area contributed by atoms with Crippen LogP contribution in [-0.2, 0) is 10.3 Å². The van der Waals surface area contributed by atoms with Crippen molar-refractivity contribution in [1.29, 1.82) is 0 Å². The van der Waals surface area contributed by atoms with Gasteiger partial charge in [-0.15, -0.1) is 11.8 Å². The molecule has 2 fully saturated rings. The summed E-state index contributed by atoms with van der Waals surface area (Å²) in [6.07, 6.45) is 0. The van der Waals surface area contributed by atoms with Gasteiger partial charge in [0.15, 0.2) is 0 Å². The van der Waals surface area contributed by atoms with Crippen molar-refractivity contribution >= 4 is 17.7 Å². The van der Waals surface area contributed by atoms with Gasteiger partial charge in [-0.25, -0.2) is 0 Å². The maximum Gasteiger partial charge on any atom is 0.233 e. The van der Waals surface area contributed by atoms with Gasteiger partial charge in [0.2, 0.25) is 5.91 Å². The number of amides is 1. The summed E-state index contributed by atoms with van der Waals surface area (Å²) in [5.74, 6) is 0.901. The number of hydrogen-bond acceptors (Lipinski definition) is 3. The van der Waals surface area contributed by atoms with E-state index >= 15 is 0 Å². The summed E-state index contributed by atoms with van der Waals surface area (Å²) in [7, 11) is 0. The van der Waals surface area contributed by atoms with Crippen molar-refractivity contribution in [2.24, 2.45) is 0 Å². The van der Waals surface area contributed by atoms with Crippen LogP contribution in [0, 0.1) is 0 Å². The molecule has 2 aliphatic heterocycles. The minimum atomic E-state index is -0.129. The van der Waals surface area contributed by atoms with Gasteiger partial charge >= 0.3 is 0 Å². The number of carbonyl (C=O) groups is 1. The van der Waals surface area contributed by atoms with Gasteiger partial charge in [-0.1, -0.05) is 30.3 Å². The number of thioether (sulfide) groups is 1. The van der Waals surface area contributed by atoms with E-state index < -0.39 is 0 Å². The van der Waals surface area contributed by atoms with Crippen molar-refractivity contribution in [1.82, 2.24) is 10.2 Å². The summed E-state index contributed by atoms with van der Waals surface area (Å²) >= 11 is 1.75. The second kappa shape index (κ2) is 4.03. The summed E-state index contributed by atoms with van der Waals surface area (Å²) < 4.78 is 0. The minimum Gasteiger partial charge on any atom is -0.326 e. The molecule has 90 valence electrons. The van der Waals surface area contributed by atoms with Crippen molar-refractivity contribution in [3.63, 3.8) is 0 Å². The molecule has 2 atom stereocenters. The Kier molecular flexibility index (Phi) is 2.64. The highest BCUT2D eigenvalue weighted by Crippen LogP contribution is 2.40. The highest BCUT2D eigenvalue weighted by Gasteiger charge is 2.47. The summed E-state index contributed by atoms with van der Waals surface area (Å²) in [4.78, 5) is 13.8. The first-order chi connectivity index (χ1) is 8.22. The van der Waals surface area contributed by atoms with Crippen molar-refractivity contribution < 1.29 is 4.79 Å². The lowest BCUT2D eigenvalue weighted by molar-refractivity contribution is -0.130. The quantitative estimate of drug-likeness (QED) is 0.815. The monoisotopic (exact) mass is 248 g/mol. The zero-order chi connectivity index (χ0) is 11.9. The number of hydrogen-bond donors (Lipinski definition) is 1. The number of carbonyl (C=O) groups excluding carboxylic acids is 1. The van der Waals surface area contributed by atoms with Gasteiger partial charge in [-0.3, -0.25) is 4.79 Å². The first-order valence-electron chi connectivity index (χ1n) is 5.93. The summed E-state index contributed by atoms with van der Waals surface area (Å²) in [5.41, 5.74) is 1.13. The van der Waals surface area contributed by atoms with Gasteiger partial charge in [0, 0.05) is 13.1 Å². The largest absolute Gasteiger partial charge is 0.326 e. The number of rotatable bonds is 1. The first-order valence-corrected chi connectivity index (χ1v) is 6.98. The van der Waals surface area contributed by atoms with Gasteiger partial charge in [-0.2, -0.15) is 0 Å². The maximum absolute atomic E-state index is 11.8. The lowest BCUT2D eigenvalue weighted by atomic mass is 9.89. The molecule has 0 unspecified atom stereocenters. The molecule has 4 heteroatoms. The SMILES string of the molecule is C[C@@]1(c2ccccc2)NCCN2C(=O)CS[C@@H]21. The van der Waals surface area contributed by atoms with Crippen molar-refractivity contribution in [2.75, 3.05) is 18.8 Å². The van der Waals surface area contributed by atoms with Crippen LogP contribution in [0.5, 0.6) is 0 Å². The van der Waals surface area contributed by atoms with E-state index in [1.54, 1.807) is 11.8 Å². The van der Waals surface area contributed by atoms with E-state index in [9.17, 15) is 4.79 Å². The Bertz CT molecular complexity index is 436. The number of nitrogens with one attached hydrogen (secondary N) is 1. The van der Waals surface area contributed by atoms with Crippen LogP contribution < -0.4 is 5.32 Å². The van der Waals surface area contributed by atoms with E-state index in [0.717, 1.165) is 13.1 Å². The fourth-order valence-corrected chi connectivity index (χ4v) is 4.15. The van der Waals surface area contributed by atoms with Crippen LogP contribution in [0.25, 0.3) is 0 Å². The Morgan fingerprint density at radius 1 is 1.41 bits per heavy atom. The highest BCUT2D eigenvalue weighted by molar-refractivity contribution is 8.01. The molecular weight excluding hydrogens is 232 g/mol. The van der Waals surface area contributed by atoms with Gasteiger partial charge in [0.1, 0.15) is 5.37 Å². The molecule has 0 aliphatic carbocycles. The topological polar surface area (TPSA) is 32.3 Å². The second-order valence-corrected chi connectivity index (χ2v) is 5.81. The van der Waals surface area contributed by atoms with E-state index in [4.69, 9.17) is 0 Å². The van der Waals surface area contributed by atoms with Gasteiger partial charge < -0.3 is 10.2 Å². The molecule has 1 N–H and O–H groups in total. The molecule has 2 aliphatic rings. The Hall–Kier alpha value is -1.000. The van der Waals surface area contributed by atoms with Gasteiger partial charge in [0.05, 0.1) is 11.3 Å². The Balaban J connectivity index is 1.99. The third-order valence-electron chi connectivity index (χ3n) is 3.68. The fraction of sp³-hybridized carbons (Fsp3) is 0.462. The van der Waals surface area contributed by atoms with Crippen LogP contribution in [0.2, 0.25) is 0 Å². The Morgan fingerprint density at radius 3 is 2.94 bits per heavy atom. The summed E-state index contributed by atoms with van der Waals surface area (Å²) in [5, 5.41) is 3.82. The van der Waals surface area contributed by atoms with E-state index in [2.05, 4.69) is 36.5 Å². The number of benzene rings is 1. The fourth-order valence-electron chi connectivity index (χ4n) is 2.73. The number of nitrogens with zero attached hydrogens (tertiary/aromatic N) is 1. The highest BCUT2D eigenvalue weighted by atomic mass is 32.2. The zero-order valence-electron chi connectivity index (χ0n) is 9.85. The second-order valence-electron chi connectivity index (χ2n) is 4.75. The molecule has 2 saturated heterocycles. The molecule has 2 heterocycles. The van der Waals surface area contributed by atoms with Gasteiger partial charge in [0.25, 0.3) is 0 Å². The first kappa shape index (κ1) is 11.1. The predicted octanol–water partition coefficient (Wildman–Crippen LogP) is 1.41. The van der Waals surface area contributed by atoms with E-state index in [0.29, 0.717) is 5.75 Å². The van der Waals surface area contributed by atoms with Crippen LogP contribution in [0.15, 0.2) is 30.3 Å². The lowest BCUT2D eigenvalue weighted by Crippen LogP contribution is -2.61. The molecule has 3 rings (SSSR count). The summed E-state index contributed by atoms with van der Waals surface area (Å²) in [6, 6.07) is 10.4. The molecule has 0 bridgehead atoms. The van der Waals surface area contributed by atoms with Crippen LogP contribution in [-0.4, -0.2) is 35.0 Å². The molecule has 1 aromatic carbocycles. The van der Waals surface area contributed by atoms with Crippen LogP contribution >= 0.6 is 11.8 Å². The zero-order valence-corrected chi connectivity index (χ0v) is 10.7. The average Bonchev–Trinajstić information content (AvgIpc) is 2.74. The molecule has 1 aromatic rings. The Morgan fingerprint density at radius 2 is 2.18 bits per heavy atom. The van der Waals surface area contributed by atoms with E-state index in [1.165, 1.54) is 5.56 Å². The normalized spacial score (nSPS) is 32.6. The van der Waals surface area contributed by atoms with Crippen molar-refractivity contribution in [3.05, 3.63) is 35.9 Å². The van der Waals surface area contributed by atoms with Gasteiger partial charge in [-0.05, 0) is 12.5 Å². The molecule has 1 amide bonds. The smallest absolute Gasteiger partial charge is 0.233 e. The molecule has 17 heavy (non-hydrogen) atoms. The van der Waals surface area contributed by atoms with E-state index in [-0.39, 0.29) is 16.8 Å². The third kappa shape index (κ3) is 1.67.